The molecule has 10 heteroatoms. The highest BCUT2D eigenvalue weighted by atomic mass is 19.1. The smallest absolute Gasteiger partial charge is 0.415 e. The Bertz CT molecular complexity index is 1050. The van der Waals surface area contributed by atoms with E-state index < -0.39 is 35.9 Å². The van der Waals surface area contributed by atoms with Gasteiger partial charge in [-0.1, -0.05) is 44.5 Å². The van der Waals surface area contributed by atoms with Gasteiger partial charge in [0, 0.05) is 32.0 Å². The van der Waals surface area contributed by atoms with Gasteiger partial charge in [-0.05, 0) is 48.1 Å². The Labute approximate surface area is 222 Å². The van der Waals surface area contributed by atoms with Gasteiger partial charge in [-0.15, -0.1) is 0 Å². The van der Waals surface area contributed by atoms with Crippen molar-refractivity contribution in [3.05, 3.63) is 70.8 Å². The van der Waals surface area contributed by atoms with Gasteiger partial charge in [-0.3, -0.25) is 4.79 Å². The van der Waals surface area contributed by atoms with Crippen molar-refractivity contribution in [1.29, 1.82) is 0 Å². The Morgan fingerprint density at radius 1 is 0.974 bits per heavy atom. The van der Waals surface area contributed by atoms with E-state index in [2.05, 4.69) is 17.6 Å². The molecule has 0 aromatic heterocycles. The lowest BCUT2D eigenvalue weighted by atomic mass is 10.0. The molecule has 0 radical (unpaired) electrons. The number of nitrogens with one attached hydrogen (secondary N) is 3. The monoisotopic (exact) mass is 533 g/mol. The maximum atomic E-state index is 13.7. The second kappa shape index (κ2) is 16.5. The van der Waals surface area contributed by atoms with Gasteiger partial charge in [-0.25, -0.2) is 23.7 Å². The molecule has 2 rings (SSSR count). The third-order valence-electron chi connectivity index (χ3n) is 5.88. The molecule has 0 saturated carbocycles. The van der Waals surface area contributed by atoms with Gasteiger partial charge in [0.25, 0.3) is 0 Å². The fraction of sp³-hybridized carbons (Fsp3) is 0.464. The van der Waals surface area contributed by atoms with Crippen molar-refractivity contribution in [1.82, 2.24) is 16.0 Å². The van der Waals surface area contributed by atoms with E-state index in [0.29, 0.717) is 13.0 Å². The van der Waals surface area contributed by atoms with Gasteiger partial charge in [0.1, 0.15) is 24.0 Å². The number of hydrogen-bond donors (Lipinski definition) is 4. The number of rotatable bonds is 15. The number of ether oxygens (including phenoxy) is 1. The van der Waals surface area contributed by atoms with Crippen LogP contribution in [0, 0.1) is 11.6 Å². The number of ketones is 1. The molecular formula is C28H37F2N3O5. The quantitative estimate of drug-likeness (QED) is 0.273. The van der Waals surface area contributed by atoms with Crippen LogP contribution in [0.15, 0.2) is 42.5 Å². The van der Waals surface area contributed by atoms with Crippen LogP contribution in [0.1, 0.15) is 56.2 Å². The zero-order valence-electron chi connectivity index (χ0n) is 21.9. The van der Waals surface area contributed by atoms with Gasteiger partial charge < -0.3 is 20.5 Å². The van der Waals surface area contributed by atoms with Crippen molar-refractivity contribution < 1.29 is 33.0 Å². The zero-order valence-corrected chi connectivity index (χ0v) is 21.9. The van der Waals surface area contributed by atoms with Crippen LogP contribution in [0.4, 0.5) is 18.4 Å². The molecule has 38 heavy (non-hydrogen) atoms. The first-order chi connectivity index (χ1) is 18.2. The number of halogens is 2. The first kappa shape index (κ1) is 30.9. The molecule has 0 bridgehead atoms. The van der Waals surface area contributed by atoms with E-state index >= 15 is 0 Å². The number of alkyl carbamates (subject to hydrolysis) is 1. The Morgan fingerprint density at radius 2 is 1.68 bits per heavy atom. The van der Waals surface area contributed by atoms with Gasteiger partial charge in [0.15, 0.2) is 0 Å². The van der Waals surface area contributed by atoms with E-state index in [0.717, 1.165) is 43.0 Å². The van der Waals surface area contributed by atoms with Crippen molar-refractivity contribution in [2.24, 2.45) is 0 Å². The predicted molar refractivity (Wildman–Crippen MR) is 140 cm³/mol. The average molecular weight is 534 g/mol. The van der Waals surface area contributed by atoms with Crippen LogP contribution in [-0.2, 0) is 28.9 Å². The SMILES string of the molecule is CCCCC(=O)CCOC(=O)NC(=O)N[C@@H](Cc1cc(F)cc(F)c1)[C@H](O)CNCc1cccc(CC)c1. The van der Waals surface area contributed by atoms with E-state index in [4.69, 9.17) is 4.74 Å². The van der Waals surface area contributed by atoms with E-state index in [1.165, 1.54) is 5.56 Å². The number of Topliss-reactive ketones (excluding diaryl/α,β-unsaturated/α-hetero) is 1. The Morgan fingerprint density at radius 3 is 2.37 bits per heavy atom. The summed E-state index contributed by atoms with van der Waals surface area (Å²) in [5, 5.41) is 18.4. The highest BCUT2D eigenvalue weighted by molar-refractivity contribution is 5.91. The van der Waals surface area contributed by atoms with Crippen LogP contribution in [0.2, 0.25) is 0 Å². The molecule has 0 aliphatic rings. The van der Waals surface area contributed by atoms with Crippen molar-refractivity contribution in [2.75, 3.05) is 13.2 Å². The van der Waals surface area contributed by atoms with E-state index in [1.54, 1.807) is 0 Å². The fourth-order valence-electron chi connectivity index (χ4n) is 3.82. The van der Waals surface area contributed by atoms with Crippen molar-refractivity contribution >= 4 is 17.9 Å². The minimum atomic E-state index is -1.16. The van der Waals surface area contributed by atoms with Crippen LogP contribution in [0.3, 0.4) is 0 Å². The summed E-state index contributed by atoms with van der Waals surface area (Å²) in [5.41, 5.74) is 2.41. The summed E-state index contributed by atoms with van der Waals surface area (Å²) in [6, 6.07) is 8.94. The number of benzene rings is 2. The lowest BCUT2D eigenvalue weighted by Gasteiger charge is -2.25. The summed E-state index contributed by atoms with van der Waals surface area (Å²) in [6.45, 7) is 4.37. The number of carbonyl (C=O) groups excluding carboxylic acids is 3. The number of aryl methyl sites for hydroxylation is 1. The van der Waals surface area contributed by atoms with E-state index in [-0.39, 0.29) is 37.3 Å². The number of carbonyl (C=O) groups is 3. The summed E-state index contributed by atoms with van der Waals surface area (Å²) in [7, 11) is 0. The molecule has 3 amide bonds. The normalized spacial score (nSPS) is 12.4. The minimum Gasteiger partial charge on any atom is -0.449 e. The van der Waals surface area contributed by atoms with Crippen molar-refractivity contribution in [3.63, 3.8) is 0 Å². The lowest BCUT2D eigenvalue weighted by Crippen LogP contribution is -2.52. The molecule has 4 N–H and O–H groups in total. The lowest BCUT2D eigenvalue weighted by molar-refractivity contribution is -0.119. The number of urea groups is 1. The minimum absolute atomic E-state index is 0.0384. The largest absolute Gasteiger partial charge is 0.449 e. The highest BCUT2D eigenvalue weighted by Crippen LogP contribution is 2.12. The molecule has 2 aromatic carbocycles. The second-order valence-electron chi connectivity index (χ2n) is 9.09. The molecule has 0 aliphatic carbocycles. The molecule has 0 fully saturated rings. The number of hydrogen-bond acceptors (Lipinski definition) is 6. The summed E-state index contributed by atoms with van der Waals surface area (Å²) in [4.78, 5) is 36.1. The molecule has 2 aromatic rings. The van der Waals surface area contributed by atoms with Crippen LogP contribution in [-0.4, -0.2) is 48.3 Å². The third-order valence-corrected chi connectivity index (χ3v) is 5.88. The maximum absolute atomic E-state index is 13.7. The molecule has 0 saturated heterocycles. The predicted octanol–water partition coefficient (Wildman–Crippen LogP) is 4.17. The summed E-state index contributed by atoms with van der Waals surface area (Å²) >= 11 is 0. The average Bonchev–Trinajstić information content (AvgIpc) is 2.86. The number of amides is 3. The van der Waals surface area contributed by atoms with Crippen LogP contribution >= 0.6 is 0 Å². The van der Waals surface area contributed by atoms with Crippen molar-refractivity contribution in [2.45, 2.75) is 71.1 Å². The van der Waals surface area contributed by atoms with Gasteiger partial charge in [0.2, 0.25) is 0 Å². The molecule has 0 spiro atoms. The van der Waals surface area contributed by atoms with E-state index in [1.807, 2.05) is 36.5 Å². The van der Waals surface area contributed by atoms with Crippen LogP contribution in [0.25, 0.3) is 0 Å². The molecule has 8 nitrogen and oxygen atoms in total. The van der Waals surface area contributed by atoms with Gasteiger partial charge in [-0.2, -0.15) is 0 Å². The maximum Gasteiger partial charge on any atom is 0.415 e. The summed E-state index contributed by atoms with van der Waals surface area (Å²) in [5.74, 6) is -1.61. The highest BCUT2D eigenvalue weighted by Gasteiger charge is 2.23. The van der Waals surface area contributed by atoms with Crippen LogP contribution in [0.5, 0.6) is 0 Å². The first-order valence-electron chi connectivity index (χ1n) is 12.9. The Kier molecular flexibility index (Phi) is 13.4. The van der Waals surface area contributed by atoms with E-state index in [9.17, 15) is 28.3 Å². The molecule has 2 atom stereocenters. The Balaban J connectivity index is 1.95. The zero-order chi connectivity index (χ0) is 27.9. The topological polar surface area (TPSA) is 117 Å². The van der Waals surface area contributed by atoms with Crippen LogP contribution < -0.4 is 16.0 Å². The molecule has 0 unspecified atom stereocenters. The number of aliphatic hydroxyl groups is 1. The number of unbranched alkanes of at least 4 members (excludes halogenated alkanes) is 1. The number of aliphatic hydroxyl groups excluding tert-OH is 1. The molecule has 0 aliphatic heterocycles. The first-order valence-corrected chi connectivity index (χ1v) is 12.9. The molecule has 0 heterocycles. The second-order valence-corrected chi connectivity index (χ2v) is 9.09. The van der Waals surface area contributed by atoms with Gasteiger partial charge in [0.05, 0.1) is 12.1 Å². The molecule has 208 valence electrons. The number of imide groups is 1. The third kappa shape index (κ3) is 11.8. The molecular weight excluding hydrogens is 496 g/mol. The summed E-state index contributed by atoms with van der Waals surface area (Å²) in [6.07, 6.45) is 0.667. The fourth-order valence-corrected chi connectivity index (χ4v) is 3.82. The standard InChI is InChI=1S/C28H37F2N3O5/c1-3-5-9-24(34)10-11-38-28(37)33-27(36)32-25(15-21-13-22(29)16-23(30)14-21)26(35)18-31-17-20-8-6-7-19(4-2)12-20/h6-8,12-14,16,25-26,31,35H,3-5,9-11,15,17-18H2,1-2H3,(H2,32,33,36,37)/t25-,26+/m0/s1. The van der Waals surface area contributed by atoms with Gasteiger partial charge >= 0.3 is 12.1 Å². The Hall–Kier alpha value is -3.37. The van der Waals surface area contributed by atoms with Crippen molar-refractivity contribution in [3.8, 4) is 0 Å². The summed E-state index contributed by atoms with van der Waals surface area (Å²) < 4.78 is 32.3.